The molecule has 1 amide bonds. The van der Waals surface area contributed by atoms with Gasteiger partial charge in [0.15, 0.2) is 11.5 Å². The smallest absolute Gasteiger partial charge is 0.228 e. The number of carbonyl (C=O) groups excluding carboxylic acids is 1. The number of benzene rings is 3. The van der Waals surface area contributed by atoms with E-state index in [4.69, 9.17) is 18.7 Å². The van der Waals surface area contributed by atoms with Crippen LogP contribution in [0.25, 0.3) is 11.4 Å². The predicted octanol–water partition coefficient (Wildman–Crippen LogP) is 4.76. The molecule has 0 aliphatic carbocycles. The van der Waals surface area contributed by atoms with E-state index in [2.05, 4.69) is 10.1 Å². The van der Waals surface area contributed by atoms with Crippen molar-refractivity contribution in [2.75, 3.05) is 34.4 Å². The van der Waals surface area contributed by atoms with Crippen LogP contribution in [0.5, 0.6) is 17.2 Å². The molecular weight excluding hydrogens is 489 g/mol. The number of rotatable bonds is 12. The highest BCUT2D eigenvalue weighted by atomic mass is 19.1. The van der Waals surface area contributed by atoms with Gasteiger partial charge in [0, 0.05) is 25.1 Å². The Balaban J connectivity index is 1.45. The third-order valence-corrected chi connectivity index (χ3v) is 6.15. The average Bonchev–Trinajstić information content (AvgIpc) is 3.43. The maximum absolute atomic E-state index is 13.3. The van der Waals surface area contributed by atoms with E-state index in [0.717, 1.165) is 22.4 Å². The SMILES string of the molecule is COc1ccc(-c2noc(CCN(CCc3ccc(OC)c(OC)c3)C(=O)Cc3ccc(F)cc3)n2)cc1. The highest BCUT2D eigenvalue weighted by Crippen LogP contribution is 2.28. The van der Waals surface area contributed by atoms with Crippen molar-refractivity contribution in [2.45, 2.75) is 19.3 Å². The maximum atomic E-state index is 13.3. The number of aromatic nitrogens is 2. The Labute approximate surface area is 220 Å². The summed E-state index contributed by atoms with van der Waals surface area (Å²) in [6, 6.07) is 19.0. The fourth-order valence-corrected chi connectivity index (χ4v) is 3.99. The Morgan fingerprint density at radius 2 is 1.53 bits per heavy atom. The van der Waals surface area contributed by atoms with Gasteiger partial charge in [0.05, 0.1) is 27.8 Å². The molecule has 0 spiro atoms. The first kappa shape index (κ1) is 26.7. The van der Waals surface area contributed by atoms with E-state index in [1.165, 1.54) is 12.1 Å². The van der Waals surface area contributed by atoms with E-state index in [9.17, 15) is 9.18 Å². The summed E-state index contributed by atoms with van der Waals surface area (Å²) in [5, 5.41) is 4.08. The van der Waals surface area contributed by atoms with Crippen molar-refractivity contribution < 1.29 is 27.9 Å². The zero-order valence-electron chi connectivity index (χ0n) is 21.6. The summed E-state index contributed by atoms with van der Waals surface area (Å²) >= 11 is 0. The number of nitrogens with zero attached hydrogens (tertiary/aromatic N) is 3. The van der Waals surface area contributed by atoms with Gasteiger partial charge in [-0.1, -0.05) is 23.4 Å². The molecule has 0 aliphatic heterocycles. The molecule has 9 heteroatoms. The van der Waals surface area contributed by atoms with Crippen LogP contribution < -0.4 is 14.2 Å². The van der Waals surface area contributed by atoms with Crippen LogP contribution in [-0.4, -0.2) is 55.4 Å². The first-order valence-corrected chi connectivity index (χ1v) is 12.2. The topological polar surface area (TPSA) is 86.9 Å². The quantitative estimate of drug-likeness (QED) is 0.267. The minimum atomic E-state index is -0.337. The van der Waals surface area contributed by atoms with Crippen LogP contribution in [0.3, 0.4) is 0 Å². The molecule has 0 unspecified atom stereocenters. The number of carbonyl (C=O) groups is 1. The standard InChI is InChI=1S/C29H30FN3O5/c1-35-24-11-7-22(8-12-24)29-31-27(38-32-29)15-17-33(28(34)19-20-4-9-23(30)10-5-20)16-14-21-6-13-25(36-2)26(18-21)37-3/h4-13,18H,14-17,19H2,1-3H3. The molecule has 0 fully saturated rings. The second-order valence-corrected chi connectivity index (χ2v) is 8.61. The van der Waals surface area contributed by atoms with Gasteiger partial charge in [-0.25, -0.2) is 4.39 Å². The molecule has 0 aliphatic rings. The van der Waals surface area contributed by atoms with E-state index in [-0.39, 0.29) is 18.1 Å². The van der Waals surface area contributed by atoms with Gasteiger partial charge in [0.2, 0.25) is 17.6 Å². The molecule has 1 aromatic heterocycles. The van der Waals surface area contributed by atoms with Crippen LogP contribution in [0.1, 0.15) is 17.0 Å². The van der Waals surface area contributed by atoms with Crippen molar-refractivity contribution >= 4 is 5.91 Å². The molecule has 198 valence electrons. The van der Waals surface area contributed by atoms with Crippen molar-refractivity contribution in [1.29, 1.82) is 0 Å². The van der Waals surface area contributed by atoms with Crippen molar-refractivity contribution in [3.63, 3.8) is 0 Å². The lowest BCUT2D eigenvalue weighted by molar-refractivity contribution is -0.130. The molecule has 8 nitrogen and oxygen atoms in total. The molecule has 0 saturated carbocycles. The van der Waals surface area contributed by atoms with Crippen molar-refractivity contribution in [1.82, 2.24) is 15.0 Å². The molecule has 0 radical (unpaired) electrons. The molecule has 38 heavy (non-hydrogen) atoms. The van der Waals surface area contributed by atoms with Gasteiger partial charge in [0.1, 0.15) is 11.6 Å². The van der Waals surface area contributed by atoms with E-state index in [1.54, 1.807) is 38.4 Å². The number of ether oxygens (including phenoxy) is 3. The lowest BCUT2D eigenvalue weighted by atomic mass is 10.1. The van der Waals surface area contributed by atoms with Gasteiger partial charge in [-0.15, -0.1) is 0 Å². The fourth-order valence-electron chi connectivity index (χ4n) is 3.99. The Bertz CT molecular complexity index is 1340. The summed E-state index contributed by atoms with van der Waals surface area (Å²) in [5.41, 5.74) is 2.55. The van der Waals surface area contributed by atoms with Crippen LogP contribution in [-0.2, 0) is 24.1 Å². The molecule has 1 heterocycles. The van der Waals surface area contributed by atoms with E-state index in [1.807, 2.05) is 42.5 Å². The number of hydrogen-bond donors (Lipinski definition) is 0. The molecule has 0 N–H and O–H groups in total. The van der Waals surface area contributed by atoms with Crippen LogP contribution in [0.2, 0.25) is 0 Å². The van der Waals surface area contributed by atoms with Crippen LogP contribution in [0.15, 0.2) is 71.3 Å². The second kappa shape index (κ2) is 12.7. The number of methoxy groups -OCH3 is 3. The van der Waals surface area contributed by atoms with E-state index >= 15 is 0 Å². The molecule has 0 saturated heterocycles. The highest BCUT2D eigenvalue weighted by molar-refractivity contribution is 5.78. The molecule has 3 aromatic carbocycles. The summed E-state index contributed by atoms with van der Waals surface area (Å²) in [5.74, 6) is 2.50. The lowest BCUT2D eigenvalue weighted by Gasteiger charge is -2.22. The molecule has 0 atom stereocenters. The third kappa shape index (κ3) is 6.88. The monoisotopic (exact) mass is 519 g/mol. The summed E-state index contributed by atoms with van der Waals surface area (Å²) in [6.07, 6.45) is 1.16. The maximum Gasteiger partial charge on any atom is 0.228 e. The molecule has 4 aromatic rings. The Kier molecular flexibility index (Phi) is 8.92. The fraction of sp³-hybridized carbons (Fsp3) is 0.276. The number of amides is 1. The van der Waals surface area contributed by atoms with Crippen molar-refractivity contribution in [3.05, 3.63) is 89.6 Å². The van der Waals surface area contributed by atoms with Crippen LogP contribution in [0.4, 0.5) is 4.39 Å². The highest BCUT2D eigenvalue weighted by Gasteiger charge is 2.17. The summed E-state index contributed by atoms with van der Waals surface area (Å²) < 4.78 is 34.7. The first-order valence-electron chi connectivity index (χ1n) is 12.2. The largest absolute Gasteiger partial charge is 0.497 e. The first-order chi connectivity index (χ1) is 18.5. The number of hydrogen-bond acceptors (Lipinski definition) is 7. The third-order valence-electron chi connectivity index (χ3n) is 6.15. The lowest BCUT2D eigenvalue weighted by Crippen LogP contribution is -2.36. The summed E-state index contributed by atoms with van der Waals surface area (Å²) in [6.45, 7) is 0.854. The van der Waals surface area contributed by atoms with Gasteiger partial charge >= 0.3 is 0 Å². The molecular formula is C29H30FN3O5. The normalized spacial score (nSPS) is 10.7. The Morgan fingerprint density at radius 1 is 0.842 bits per heavy atom. The van der Waals surface area contributed by atoms with Crippen molar-refractivity contribution in [2.24, 2.45) is 0 Å². The zero-order chi connectivity index (χ0) is 26.9. The summed E-state index contributed by atoms with van der Waals surface area (Å²) in [7, 11) is 4.78. The van der Waals surface area contributed by atoms with Gasteiger partial charge < -0.3 is 23.6 Å². The summed E-state index contributed by atoms with van der Waals surface area (Å²) in [4.78, 5) is 19.5. The minimum Gasteiger partial charge on any atom is -0.497 e. The van der Waals surface area contributed by atoms with Gasteiger partial charge in [-0.05, 0) is 66.1 Å². The van der Waals surface area contributed by atoms with Crippen molar-refractivity contribution in [3.8, 4) is 28.6 Å². The number of halogens is 1. The van der Waals surface area contributed by atoms with E-state index < -0.39 is 0 Å². The predicted molar refractivity (Wildman–Crippen MR) is 140 cm³/mol. The minimum absolute atomic E-state index is 0.0769. The van der Waals surface area contributed by atoms with E-state index in [0.29, 0.717) is 49.1 Å². The van der Waals surface area contributed by atoms with Gasteiger partial charge in [-0.2, -0.15) is 4.98 Å². The zero-order valence-corrected chi connectivity index (χ0v) is 21.6. The Morgan fingerprint density at radius 3 is 2.21 bits per heavy atom. The van der Waals surface area contributed by atoms with Gasteiger partial charge in [0.25, 0.3) is 0 Å². The Hall–Kier alpha value is -4.40. The van der Waals surface area contributed by atoms with Gasteiger partial charge in [-0.3, -0.25) is 4.79 Å². The second-order valence-electron chi connectivity index (χ2n) is 8.61. The van der Waals surface area contributed by atoms with Crippen LogP contribution in [0, 0.1) is 5.82 Å². The molecule has 0 bridgehead atoms. The molecule has 4 rings (SSSR count). The van der Waals surface area contributed by atoms with Crippen LogP contribution >= 0.6 is 0 Å². The average molecular weight is 520 g/mol.